The van der Waals surface area contributed by atoms with Crippen LogP contribution in [-0.4, -0.2) is 28.0 Å². The van der Waals surface area contributed by atoms with Crippen molar-refractivity contribution in [1.29, 1.82) is 0 Å². The van der Waals surface area contributed by atoms with Crippen LogP contribution in [0.3, 0.4) is 0 Å². The molecule has 3 N–H and O–H groups in total. The van der Waals surface area contributed by atoms with Gasteiger partial charge in [-0.15, -0.1) is 0 Å². The second-order valence-electron chi connectivity index (χ2n) is 3.86. The average molecular weight is 259 g/mol. The van der Waals surface area contributed by atoms with Gasteiger partial charge in [0.2, 0.25) is 0 Å². The summed E-state index contributed by atoms with van der Waals surface area (Å²) in [5, 5.41) is 3.57. The van der Waals surface area contributed by atoms with Crippen molar-refractivity contribution in [3.63, 3.8) is 0 Å². The largest absolute Gasteiger partial charge is 0.393 e. The third kappa shape index (κ3) is 2.92. The highest BCUT2D eigenvalue weighted by Gasteiger charge is 2.14. The average Bonchev–Trinajstić information content (AvgIpc) is 2.32. The number of aromatic nitrogens is 2. The number of nitrogens with two attached hydrogens (primary N) is 1. The lowest BCUT2D eigenvalue weighted by Gasteiger charge is -2.22. The molecule has 4 nitrogen and oxygen atoms in total. The summed E-state index contributed by atoms with van der Waals surface area (Å²) in [6.45, 7) is 0.915. The number of nitrogens with one attached hydrogen (secondary N) is 1. The molecule has 2 rings (SSSR count). The van der Waals surface area contributed by atoms with Gasteiger partial charge < -0.3 is 11.1 Å². The van der Waals surface area contributed by atoms with Crippen molar-refractivity contribution in [3.8, 4) is 0 Å². The Morgan fingerprint density at radius 3 is 2.94 bits per heavy atom. The summed E-state index contributed by atoms with van der Waals surface area (Å²) in [6.07, 6.45) is 3.95. The molecule has 0 bridgehead atoms. The first kappa shape index (κ1) is 11.8. The van der Waals surface area contributed by atoms with Crippen LogP contribution in [0.1, 0.15) is 12.8 Å². The Bertz CT molecular complexity index is 355. The number of hydrogen-bond acceptors (Lipinski definition) is 5. The fraction of sp³-hybridized carbons (Fsp3) is 0.600. The number of nitrogen functional groups attached to an aromatic ring is 1. The number of nitrogens with zero attached hydrogens (tertiary/aromatic N) is 2. The molecule has 1 saturated heterocycles. The zero-order chi connectivity index (χ0) is 11.4. The van der Waals surface area contributed by atoms with Crippen LogP contribution in [0, 0.1) is 5.92 Å². The zero-order valence-corrected chi connectivity index (χ0v) is 10.5. The predicted molar refractivity (Wildman–Crippen MR) is 70.0 cm³/mol. The molecule has 0 spiro atoms. The molecule has 0 aliphatic carbocycles. The maximum Gasteiger partial charge on any atom is 0.157 e. The van der Waals surface area contributed by atoms with Gasteiger partial charge >= 0.3 is 0 Å². The van der Waals surface area contributed by atoms with Crippen molar-refractivity contribution >= 4 is 34.9 Å². The third-order valence-corrected chi connectivity index (χ3v) is 4.08. The van der Waals surface area contributed by atoms with Crippen molar-refractivity contribution in [2.24, 2.45) is 5.92 Å². The molecule has 1 aromatic heterocycles. The summed E-state index contributed by atoms with van der Waals surface area (Å²) >= 11 is 7.84. The van der Waals surface area contributed by atoms with E-state index in [9.17, 15) is 0 Å². The molecule has 1 aliphatic rings. The SMILES string of the molecule is Nc1c(Cl)ncnc1NCC1CCSCC1. The first-order valence-electron chi connectivity index (χ1n) is 5.35. The van der Waals surface area contributed by atoms with Crippen LogP contribution in [0.5, 0.6) is 0 Å². The molecule has 0 saturated carbocycles. The van der Waals surface area contributed by atoms with Gasteiger partial charge in [-0.05, 0) is 30.3 Å². The minimum atomic E-state index is 0.316. The number of anilines is 2. The molecule has 1 aliphatic heterocycles. The van der Waals surface area contributed by atoms with Crippen molar-refractivity contribution < 1.29 is 0 Å². The standard InChI is InChI=1S/C10H15ClN4S/c11-9-8(12)10(15-6-14-9)13-5-7-1-3-16-4-2-7/h6-7H,1-5,12H2,(H,13,14,15). The lowest BCUT2D eigenvalue weighted by molar-refractivity contribution is 0.515. The fourth-order valence-corrected chi connectivity index (χ4v) is 3.04. The molecule has 88 valence electrons. The quantitative estimate of drug-likeness (QED) is 0.815. The Morgan fingerprint density at radius 1 is 1.44 bits per heavy atom. The molecule has 1 fully saturated rings. The molecule has 6 heteroatoms. The van der Waals surface area contributed by atoms with Gasteiger partial charge in [0.25, 0.3) is 0 Å². The Morgan fingerprint density at radius 2 is 2.19 bits per heavy atom. The van der Waals surface area contributed by atoms with E-state index in [0.29, 0.717) is 16.7 Å². The van der Waals surface area contributed by atoms with E-state index >= 15 is 0 Å². The van der Waals surface area contributed by atoms with Gasteiger partial charge in [0.15, 0.2) is 11.0 Å². The molecular formula is C10H15ClN4S. The Kier molecular flexibility index (Phi) is 4.12. The molecule has 0 aromatic carbocycles. The van der Waals surface area contributed by atoms with Gasteiger partial charge in [0.1, 0.15) is 12.0 Å². The highest BCUT2D eigenvalue weighted by atomic mass is 35.5. The monoisotopic (exact) mass is 258 g/mol. The lowest BCUT2D eigenvalue weighted by Crippen LogP contribution is -2.20. The normalized spacial score (nSPS) is 17.3. The number of halogens is 1. The molecule has 2 heterocycles. The smallest absolute Gasteiger partial charge is 0.157 e. The van der Waals surface area contributed by atoms with Crippen LogP contribution in [0.15, 0.2) is 6.33 Å². The first-order valence-corrected chi connectivity index (χ1v) is 6.88. The van der Waals surface area contributed by atoms with Crippen molar-refractivity contribution in [2.75, 3.05) is 29.1 Å². The topological polar surface area (TPSA) is 63.8 Å². The second kappa shape index (κ2) is 5.59. The van der Waals surface area contributed by atoms with Crippen molar-refractivity contribution in [2.45, 2.75) is 12.8 Å². The van der Waals surface area contributed by atoms with Gasteiger partial charge in [-0.3, -0.25) is 0 Å². The van der Waals surface area contributed by atoms with E-state index < -0.39 is 0 Å². The van der Waals surface area contributed by atoms with Gasteiger partial charge in [-0.25, -0.2) is 9.97 Å². The summed E-state index contributed by atoms with van der Waals surface area (Å²) in [7, 11) is 0. The van der Waals surface area contributed by atoms with E-state index in [1.165, 1.54) is 30.7 Å². The van der Waals surface area contributed by atoms with Crippen LogP contribution >= 0.6 is 23.4 Å². The highest BCUT2D eigenvalue weighted by Crippen LogP contribution is 2.25. The maximum absolute atomic E-state index is 5.82. The van der Waals surface area contributed by atoms with Crippen LogP contribution < -0.4 is 11.1 Å². The fourth-order valence-electron chi connectivity index (χ4n) is 1.71. The minimum absolute atomic E-state index is 0.316. The predicted octanol–water partition coefficient (Wildman–Crippen LogP) is 2.27. The highest BCUT2D eigenvalue weighted by molar-refractivity contribution is 7.99. The van der Waals surface area contributed by atoms with E-state index in [1.807, 2.05) is 11.8 Å². The van der Waals surface area contributed by atoms with E-state index in [4.69, 9.17) is 17.3 Å². The molecule has 0 radical (unpaired) electrons. The summed E-state index contributed by atoms with van der Waals surface area (Å²) in [5.41, 5.74) is 6.21. The molecule has 0 amide bonds. The van der Waals surface area contributed by atoms with E-state index in [2.05, 4.69) is 15.3 Å². The Balaban J connectivity index is 1.91. The van der Waals surface area contributed by atoms with Gasteiger partial charge in [0.05, 0.1) is 0 Å². The van der Waals surface area contributed by atoms with Crippen molar-refractivity contribution in [1.82, 2.24) is 9.97 Å². The summed E-state index contributed by atoms with van der Waals surface area (Å²) in [4.78, 5) is 7.91. The van der Waals surface area contributed by atoms with Gasteiger partial charge in [0, 0.05) is 6.54 Å². The van der Waals surface area contributed by atoms with E-state index in [1.54, 1.807) is 0 Å². The minimum Gasteiger partial charge on any atom is -0.393 e. The van der Waals surface area contributed by atoms with Crippen LogP contribution in [-0.2, 0) is 0 Å². The van der Waals surface area contributed by atoms with Crippen LogP contribution in [0.25, 0.3) is 0 Å². The van der Waals surface area contributed by atoms with E-state index in [-0.39, 0.29) is 0 Å². The zero-order valence-electron chi connectivity index (χ0n) is 8.95. The van der Waals surface area contributed by atoms with Gasteiger partial charge in [-0.2, -0.15) is 11.8 Å². The molecule has 16 heavy (non-hydrogen) atoms. The number of rotatable bonds is 3. The van der Waals surface area contributed by atoms with Crippen LogP contribution in [0.2, 0.25) is 5.15 Å². The molecular weight excluding hydrogens is 244 g/mol. The molecule has 0 unspecified atom stereocenters. The van der Waals surface area contributed by atoms with Crippen molar-refractivity contribution in [3.05, 3.63) is 11.5 Å². The maximum atomic E-state index is 5.82. The molecule has 1 aromatic rings. The lowest BCUT2D eigenvalue weighted by atomic mass is 10.0. The number of thioether (sulfide) groups is 1. The van der Waals surface area contributed by atoms with E-state index in [0.717, 1.165) is 12.5 Å². The Labute approximate surface area is 104 Å². The number of hydrogen-bond donors (Lipinski definition) is 2. The molecule has 0 atom stereocenters. The van der Waals surface area contributed by atoms with Gasteiger partial charge in [-0.1, -0.05) is 11.6 Å². The summed E-state index contributed by atoms with van der Waals surface area (Å²) in [5.74, 6) is 3.88. The summed E-state index contributed by atoms with van der Waals surface area (Å²) in [6, 6.07) is 0. The second-order valence-corrected chi connectivity index (χ2v) is 5.45. The van der Waals surface area contributed by atoms with Crippen LogP contribution in [0.4, 0.5) is 11.5 Å². The first-order chi connectivity index (χ1) is 7.77. The Hall–Kier alpha value is -0.680. The summed E-state index contributed by atoms with van der Waals surface area (Å²) < 4.78 is 0. The third-order valence-electron chi connectivity index (χ3n) is 2.73.